The molecule has 0 aromatic rings. The number of nitrogens with zero attached hydrogens (tertiary/aromatic N) is 4. The van der Waals surface area contributed by atoms with Gasteiger partial charge in [-0.2, -0.15) is 0 Å². The average molecular weight is 669 g/mol. The number of hydrogen-bond acceptors (Lipinski definition) is 9. The maximum Gasteiger partial charge on any atom is 0.245 e. The summed E-state index contributed by atoms with van der Waals surface area (Å²) in [6.07, 6.45) is 3.07. The van der Waals surface area contributed by atoms with Gasteiger partial charge in [0.05, 0.1) is 11.9 Å². The predicted molar refractivity (Wildman–Crippen MR) is 183 cm³/mol. The van der Waals surface area contributed by atoms with Crippen LogP contribution in [0.5, 0.6) is 0 Å². The van der Waals surface area contributed by atoms with Crippen molar-refractivity contribution in [1.29, 1.82) is 0 Å². The third-order valence-electron chi connectivity index (χ3n) is 7.87. The van der Waals surface area contributed by atoms with E-state index < -0.39 is 16.7 Å². The van der Waals surface area contributed by atoms with Crippen molar-refractivity contribution in [2.75, 3.05) is 60.2 Å². The molecule has 0 aromatic carbocycles. The molecular weight excluding hydrogens is 608 g/mol. The number of rotatable bonds is 20. The summed E-state index contributed by atoms with van der Waals surface area (Å²) in [7, 11) is 7.12. The monoisotopic (exact) mass is 668 g/mol. The molecule has 0 spiro atoms. The standard InChI is InChI=1S/C33H60N6O6S/c1-32(2,3)26(40)21-24(30(44)37(9)19-18-36(7)8)38(10)28(42)16-12-14-20-46-25-22-29(43)39(31(25)45)17-13-11-15-27(41)34-23-35-33(4,5)6/h24-25,35H,11-23H2,1-10H3,(H,34,41). The van der Waals surface area contributed by atoms with Gasteiger partial charge in [0.1, 0.15) is 11.8 Å². The highest BCUT2D eigenvalue weighted by atomic mass is 32.2. The molecule has 1 rings (SSSR count). The predicted octanol–water partition coefficient (Wildman–Crippen LogP) is 2.50. The van der Waals surface area contributed by atoms with Crippen LogP contribution in [0.15, 0.2) is 0 Å². The largest absolute Gasteiger partial charge is 0.344 e. The van der Waals surface area contributed by atoms with Crippen molar-refractivity contribution in [1.82, 2.24) is 30.2 Å². The van der Waals surface area contributed by atoms with E-state index in [1.807, 2.05) is 60.5 Å². The summed E-state index contributed by atoms with van der Waals surface area (Å²) in [4.78, 5) is 82.9. The van der Waals surface area contributed by atoms with Gasteiger partial charge in [-0.05, 0) is 66.3 Å². The van der Waals surface area contributed by atoms with Crippen LogP contribution >= 0.6 is 11.8 Å². The van der Waals surface area contributed by atoms with E-state index in [0.717, 1.165) is 0 Å². The van der Waals surface area contributed by atoms with Crippen LogP contribution in [0.2, 0.25) is 0 Å². The summed E-state index contributed by atoms with van der Waals surface area (Å²) in [6.45, 7) is 13.3. The Labute approximate surface area is 281 Å². The van der Waals surface area contributed by atoms with E-state index in [9.17, 15) is 28.8 Å². The molecule has 2 atom stereocenters. The number of carbonyl (C=O) groups excluding carboxylic acids is 6. The van der Waals surface area contributed by atoms with Crippen LogP contribution in [-0.2, 0) is 28.8 Å². The Bertz CT molecular complexity index is 1050. The summed E-state index contributed by atoms with van der Waals surface area (Å²) in [5.74, 6) is -0.360. The summed E-state index contributed by atoms with van der Waals surface area (Å²) >= 11 is 1.43. The average Bonchev–Trinajstić information content (AvgIpc) is 3.21. The van der Waals surface area contributed by atoms with Gasteiger partial charge < -0.3 is 20.0 Å². The smallest absolute Gasteiger partial charge is 0.245 e. The minimum atomic E-state index is -0.867. The molecule has 0 aliphatic carbocycles. The van der Waals surface area contributed by atoms with Crippen LogP contribution in [-0.4, -0.2) is 132 Å². The van der Waals surface area contributed by atoms with Crippen LogP contribution in [0.1, 0.15) is 92.9 Å². The van der Waals surface area contributed by atoms with Gasteiger partial charge in [0.25, 0.3) is 0 Å². The van der Waals surface area contributed by atoms with Crippen molar-refractivity contribution >= 4 is 47.1 Å². The highest BCUT2D eigenvalue weighted by Gasteiger charge is 2.38. The third kappa shape index (κ3) is 15.4. The molecular formula is C33H60N6O6S. The topological polar surface area (TPSA) is 139 Å². The van der Waals surface area contributed by atoms with Gasteiger partial charge in [-0.3, -0.25) is 39.0 Å². The lowest BCUT2D eigenvalue weighted by atomic mass is 9.86. The molecule has 1 saturated heterocycles. The van der Waals surface area contributed by atoms with E-state index in [2.05, 4.69) is 10.6 Å². The number of likely N-dealkylation sites (tertiary alicyclic amines) is 1. The Balaban J connectivity index is 2.51. The Kier molecular flexibility index (Phi) is 17.5. The van der Waals surface area contributed by atoms with Crippen LogP contribution in [0.4, 0.5) is 0 Å². The second-order valence-corrected chi connectivity index (χ2v) is 15.8. The second-order valence-electron chi connectivity index (χ2n) is 14.5. The summed E-state index contributed by atoms with van der Waals surface area (Å²) < 4.78 is 0. The maximum atomic E-state index is 13.3. The number of thioether (sulfide) groups is 1. The molecule has 1 fully saturated rings. The van der Waals surface area contributed by atoms with Gasteiger partial charge in [-0.1, -0.05) is 20.8 Å². The van der Waals surface area contributed by atoms with Gasteiger partial charge in [-0.25, -0.2) is 0 Å². The first-order valence-electron chi connectivity index (χ1n) is 16.4. The molecule has 46 heavy (non-hydrogen) atoms. The molecule has 12 nitrogen and oxygen atoms in total. The minimum absolute atomic E-state index is 0.0385. The molecule has 1 aliphatic rings. The number of Topliss-reactive ketones (excluding diaryl/α,β-unsaturated/α-hetero) is 1. The maximum absolute atomic E-state index is 13.3. The molecule has 0 saturated carbocycles. The number of nitrogens with one attached hydrogen (secondary N) is 2. The van der Waals surface area contributed by atoms with E-state index >= 15 is 0 Å². The lowest BCUT2D eigenvalue weighted by molar-refractivity contribution is -0.146. The molecule has 0 radical (unpaired) electrons. The fourth-order valence-corrected chi connectivity index (χ4v) is 5.80. The van der Waals surface area contributed by atoms with Crippen LogP contribution in [0.25, 0.3) is 0 Å². The Morgan fingerprint density at radius 1 is 0.913 bits per heavy atom. The lowest BCUT2D eigenvalue weighted by Gasteiger charge is -2.32. The molecule has 0 aromatic heterocycles. The van der Waals surface area contributed by atoms with Gasteiger partial charge in [0, 0.05) is 70.4 Å². The van der Waals surface area contributed by atoms with Crippen LogP contribution < -0.4 is 10.6 Å². The van der Waals surface area contributed by atoms with Gasteiger partial charge in [-0.15, -0.1) is 11.8 Å². The van der Waals surface area contributed by atoms with Crippen molar-refractivity contribution in [3.05, 3.63) is 0 Å². The van der Waals surface area contributed by atoms with Crippen molar-refractivity contribution in [3.8, 4) is 0 Å². The summed E-state index contributed by atoms with van der Waals surface area (Å²) in [5.41, 5.74) is -0.717. The van der Waals surface area contributed by atoms with E-state index in [0.29, 0.717) is 64.2 Å². The molecule has 1 heterocycles. The number of ketones is 1. The Hall–Kier alpha value is -2.51. The number of imide groups is 1. The minimum Gasteiger partial charge on any atom is -0.344 e. The fourth-order valence-electron chi connectivity index (χ4n) is 4.61. The highest BCUT2D eigenvalue weighted by Crippen LogP contribution is 2.27. The van der Waals surface area contributed by atoms with E-state index in [4.69, 9.17) is 0 Å². The summed E-state index contributed by atoms with van der Waals surface area (Å²) in [6, 6.07) is -0.867. The first-order chi connectivity index (χ1) is 21.2. The number of carbonyl (C=O) groups is 6. The van der Waals surface area contributed by atoms with Gasteiger partial charge in [0.2, 0.25) is 29.5 Å². The highest BCUT2D eigenvalue weighted by molar-refractivity contribution is 8.00. The van der Waals surface area contributed by atoms with E-state index in [1.54, 1.807) is 19.0 Å². The number of unbranched alkanes of at least 4 members (excludes halogenated alkanes) is 2. The van der Waals surface area contributed by atoms with Crippen LogP contribution in [0, 0.1) is 5.41 Å². The number of amides is 5. The van der Waals surface area contributed by atoms with E-state index in [1.165, 1.54) is 21.6 Å². The van der Waals surface area contributed by atoms with Crippen molar-refractivity contribution < 1.29 is 28.8 Å². The first kappa shape index (κ1) is 41.5. The summed E-state index contributed by atoms with van der Waals surface area (Å²) in [5, 5.41) is 5.58. The zero-order valence-electron chi connectivity index (χ0n) is 30.0. The Morgan fingerprint density at radius 2 is 1.54 bits per heavy atom. The molecule has 5 amide bonds. The van der Waals surface area contributed by atoms with Gasteiger partial charge >= 0.3 is 0 Å². The van der Waals surface area contributed by atoms with Crippen molar-refractivity contribution in [2.45, 2.75) is 110 Å². The zero-order valence-corrected chi connectivity index (χ0v) is 30.8. The fraction of sp³-hybridized carbons (Fsp3) is 0.818. The number of hydrogen-bond donors (Lipinski definition) is 2. The SMILES string of the molecule is CN(C)CCN(C)C(=O)C(CC(=O)C(C)(C)C)N(C)C(=O)CCCCSC1CC(=O)N(CCCCC(=O)NCNC(C)(C)C)C1=O. The quantitative estimate of drug-likeness (QED) is 0.114. The molecule has 2 unspecified atom stereocenters. The Morgan fingerprint density at radius 3 is 2.13 bits per heavy atom. The molecule has 1 aliphatic heterocycles. The molecule has 2 N–H and O–H groups in total. The van der Waals surface area contributed by atoms with Gasteiger partial charge in [0.15, 0.2) is 0 Å². The molecule has 264 valence electrons. The second kappa shape index (κ2) is 19.3. The normalized spacial score (nSPS) is 16.2. The molecule has 0 bridgehead atoms. The lowest BCUT2D eigenvalue weighted by Crippen LogP contribution is -2.51. The van der Waals surface area contributed by atoms with Crippen molar-refractivity contribution in [3.63, 3.8) is 0 Å². The molecule has 13 heteroatoms. The zero-order chi connectivity index (χ0) is 35.2. The first-order valence-corrected chi connectivity index (χ1v) is 17.5. The third-order valence-corrected chi connectivity index (χ3v) is 9.16. The van der Waals surface area contributed by atoms with Crippen molar-refractivity contribution in [2.24, 2.45) is 5.41 Å². The number of likely N-dealkylation sites (N-methyl/N-ethyl adjacent to an activating group) is 3. The van der Waals surface area contributed by atoms with E-state index in [-0.39, 0.29) is 60.1 Å². The van der Waals surface area contributed by atoms with Crippen LogP contribution in [0.3, 0.4) is 0 Å².